The zero-order valence-electron chi connectivity index (χ0n) is 57.5. The van der Waals surface area contributed by atoms with E-state index in [0.29, 0.717) is 38.5 Å². The summed E-state index contributed by atoms with van der Waals surface area (Å²) in [6.45, 7) is 25.7. The second-order valence-electron chi connectivity index (χ2n) is 30.9. The summed E-state index contributed by atoms with van der Waals surface area (Å²) >= 11 is 0. The second kappa shape index (κ2) is 26.8. The SMILES string of the molecule is CCC(C)(C)C(=O)OC(C)(C)C(=O)OC1C2CC3C1OC(=O)C3(C#N)C2.CCC(C)(C)C(=O)OC(C)C(=O)OC1C2CC3C(=O)OC1C3C2.CCC(C)(C)C(=O)OCC(=O)OC1C2CC3(C#N)C(=O)OC1C3O2.CCC(C)(C)C(=O)OCCC(=O)OC1C2CC3C(=O)OC1C3C2. The largest absolute Gasteiger partial charge is 0.465 e. The Bertz CT molecular complexity index is 3250. The molecule has 0 aromatic heterocycles. The zero-order valence-corrected chi connectivity index (χ0v) is 57.5. The molecule has 21 unspecified atom stereocenters. The van der Waals surface area contributed by atoms with Crippen LogP contribution < -0.4 is 0 Å². The molecule has 21 atom stereocenters. The Hall–Kier alpha value is -7.42. The maximum Gasteiger partial charge on any atom is 0.350 e. The number of hydrogen-bond acceptors (Lipinski definition) is 27. The Balaban J connectivity index is 0.000000150. The van der Waals surface area contributed by atoms with Gasteiger partial charge in [-0.15, -0.1) is 0 Å². The van der Waals surface area contributed by atoms with E-state index in [1.54, 1.807) is 41.5 Å². The molecule has 0 amide bonds. The average molecular weight is 1350 g/mol. The van der Waals surface area contributed by atoms with Crippen molar-refractivity contribution >= 4 is 71.6 Å². The third-order valence-corrected chi connectivity index (χ3v) is 22.8. The van der Waals surface area contributed by atoms with Gasteiger partial charge in [0.2, 0.25) is 5.60 Å². The first kappa shape index (κ1) is 72.8. The Kier molecular flexibility index (Phi) is 20.3. The highest BCUT2D eigenvalue weighted by Gasteiger charge is 2.75. The zero-order chi connectivity index (χ0) is 70.9. The van der Waals surface area contributed by atoms with E-state index in [1.807, 2.05) is 47.6 Å². The lowest BCUT2D eigenvalue weighted by molar-refractivity contribution is -0.192. The summed E-state index contributed by atoms with van der Waals surface area (Å²) in [4.78, 5) is 144. The number of ether oxygens (including phenoxy) is 13. The number of carbonyl (C=O) groups is 12. The van der Waals surface area contributed by atoms with Crippen LogP contribution in [-0.2, 0) is 119 Å². The van der Waals surface area contributed by atoms with Gasteiger partial charge in [0.15, 0.2) is 35.7 Å². The fourth-order valence-electron chi connectivity index (χ4n) is 15.0. The lowest BCUT2D eigenvalue weighted by atomic mass is 9.74. The van der Waals surface area contributed by atoms with E-state index in [2.05, 4.69) is 6.07 Å². The smallest absolute Gasteiger partial charge is 0.350 e. The number of rotatable bonds is 21. The summed E-state index contributed by atoms with van der Waals surface area (Å²) in [5.74, 6) is -4.98. The van der Waals surface area contributed by atoms with Crippen molar-refractivity contribution in [1.29, 1.82) is 10.5 Å². The molecule has 6 heterocycles. The fourth-order valence-corrected chi connectivity index (χ4v) is 15.0. The van der Waals surface area contributed by atoms with Crippen molar-refractivity contribution in [3.63, 3.8) is 0 Å². The van der Waals surface area contributed by atoms with E-state index in [0.717, 1.165) is 25.7 Å². The van der Waals surface area contributed by atoms with E-state index >= 15 is 0 Å². The summed E-state index contributed by atoms with van der Waals surface area (Å²) < 4.78 is 69.6. The Labute approximate surface area is 558 Å². The molecule has 27 nitrogen and oxygen atoms in total. The molecule has 528 valence electrons. The minimum Gasteiger partial charge on any atom is -0.465 e. The van der Waals surface area contributed by atoms with Gasteiger partial charge in [0, 0.05) is 41.9 Å². The molecular formula is C69H92N2O25. The molecule has 12 aliphatic rings. The molecule has 6 saturated carbocycles. The van der Waals surface area contributed by atoms with E-state index in [9.17, 15) is 68.1 Å². The Morgan fingerprint density at radius 3 is 1.54 bits per heavy atom. The van der Waals surface area contributed by atoms with Crippen LogP contribution >= 0.6 is 0 Å². The second-order valence-corrected chi connectivity index (χ2v) is 30.9. The number of nitrogens with zero attached hydrogens (tertiary/aromatic N) is 2. The van der Waals surface area contributed by atoms with E-state index in [4.69, 9.17) is 61.6 Å². The maximum absolute atomic E-state index is 12.6. The normalized spacial score (nSPS) is 35.3. The molecule has 6 saturated heterocycles. The van der Waals surface area contributed by atoms with Crippen molar-refractivity contribution in [1.82, 2.24) is 0 Å². The van der Waals surface area contributed by atoms with E-state index in [1.165, 1.54) is 20.8 Å². The summed E-state index contributed by atoms with van der Waals surface area (Å²) in [5, 5.41) is 18.7. The van der Waals surface area contributed by atoms with Crippen LogP contribution in [0.4, 0.5) is 0 Å². The van der Waals surface area contributed by atoms with Gasteiger partial charge in [-0.1, -0.05) is 27.7 Å². The fraction of sp³-hybridized carbons (Fsp3) is 0.797. The standard InChI is InChI=1S/C19H25NO6.2C17H24O6.C16H19NO7/c1-6-17(2,3)14(21)26-18(4,5)15(22)24-12-10-7-11-13(12)25-16(23)19(11,8-10)9-20;1-5-17(3,4)16(20)21-8(2)14(18)22-12-9-6-10-11(7-9)15(19)23-13(10)12;1-4-17(2,3)16(20)21-6-5-12(18)22-13-9-7-10-11(8-9)15(19)23-14(10)13;1-4-15(2,3)13(19)21-6-9(18)23-10-8-5-16(7-17)12(22-8)11(10)24-14(16)20/h10-13H,6-8H2,1-5H3;8-13H,5-7H2,1-4H3;9-11,13-14H,4-8H2,1-3H3;8,10-12H,4-6H2,1-3H3. The molecule has 6 aliphatic heterocycles. The average Bonchev–Trinajstić information content (AvgIpc) is 1.56. The molecule has 8 bridgehead atoms. The van der Waals surface area contributed by atoms with Crippen LogP contribution in [0, 0.1) is 102 Å². The minimum absolute atomic E-state index is 0.0113. The van der Waals surface area contributed by atoms with Gasteiger partial charge in [0.25, 0.3) is 0 Å². The van der Waals surface area contributed by atoms with Gasteiger partial charge >= 0.3 is 71.6 Å². The van der Waals surface area contributed by atoms with Crippen molar-refractivity contribution in [2.75, 3.05) is 13.2 Å². The van der Waals surface area contributed by atoms with Gasteiger partial charge in [-0.05, 0) is 140 Å². The molecule has 12 fully saturated rings. The van der Waals surface area contributed by atoms with Crippen molar-refractivity contribution in [2.45, 2.75) is 254 Å². The number of carbonyl (C=O) groups excluding carboxylic acids is 12. The van der Waals surface area contributed by atoms with E-state index < -0.39 is 147 Å². The third-order valence-electron chi connectivity index (χ3n) is 22.8. The summed E-state index contributed by atoms with van der Waals surface area (Å²) in [7, 11) is 0. The highest BCUT2D eigenvalue weighted by molar-refractivity contribution is 5.88. The monoisotopic (exact) mass is 1350 g/mol. The van der Waals surface area contributed by atoms with Gasteiger partial charge in [0.1, 0.15) is 55.4 Å². The summed E-state index contributed by atoms with van der Waals surface area (Å²) in [6.07, 6.45) is 0.650. The molecule has 0 aromatic rings. The first-order valence-electron chi connectivity index (χ1n) is 33.7. The Morgan fingerprint density at radius 1 is 0.521 bits per heavy atom. The van der Waals surface area contributed by atoms with Gasteiger partial charge in [-0.3, -0.25) is 43.2 Å². The topological polar surface area (TPSA) is 372 Å². The quantitative estimate of drug-likeness (QED) is 0.0896. The predicted octanol–water partition coefficient (Wildman–Crippen LogP) is 6.31. The summed E-state index contributed by atoms with van der Waals surface area (Å²) in [6, 6.07) is 4.10. The molecule has 6 aliphatic carbocycles. The van der Waals surface area contributed by atoms with Crippen molar-refractivity contribution in [3.05, 3.63) is 0 Å². The number of hydrogen-bond donors (Lipinski definition) is 0. The number of nitriles is 2. The molecule has 0 aromatic carbocycles. The first-order chi connectivity index (χ1) is 44.8. The van der Waals surface area contributed by atoms with Crippen molar-refractivity contribution in [2.24, 2.45) is 79.8 Å². The molecule has 12 rings (SSSR count). The van der Waals surface area contributed by atoms with Gasteiger partial charge in [-0.25, -0.2) is 14.4 Å². The molecular weight excluding hydrogens is 1260 g/mol. The Morgan fingerprint density at radius 2 is 1.00 bits per heavy atom. The molecule has 96 heavy (non-hydrogen) atoms. The minimum atomic E-state index is -1.44. The lowest BCUT2D eigenvalue weighted by Gasteiger charge is -2.32. The van der Waals surface area contributed by atoms with Crippen LogP contribution in [0.2, 0.25) is 0 Å². The predicted molar refractivity (Wildman–Crippen MR) is 323 cm³/mol. The molecule has 0 radical (unpaired) electrons. The highest BCUT2D eigenvalue weighted by atomic mass is 16.7. The van der Waals surface area contributed by atoms with Gasteiger partial charge in [-0.2, -0.15) is 10.5 Å². The summed E-state index contributed by atoms with van der Waals surface area (Å²) in [5.41, 5.74) is -6.35. The maximum atomic E-state index is 12.6. The lowest BCUT2D eigenvalue weighted by Crippen LogP contribution is -2.47. The third kappa shape index (κ3) is 13.3. The van der Waals surface area contributed by atoms with Gasteiger partial charge < -0.3 is 61.6 Å². The van der Waals surface area contributed by atoms with Crippen LogP contribution in [-0.4, -0.2) is 158 Å². The molecule has 27 heteroatoms. The van der Waals surface area contributed by atoms with Crippen molar-refractivity contribution in [3.8, 4) is 12.1 Å². The van der Waals surface area contributed by atoms with Crippen LogP contribution in [0.5, 0.6) is 0 Å². The van der Waals surface area contributed by atoms with Gasteiger partial charge in [0.05, 0.1) is 52.1 Å². The van der Waals surface area contributed by atoms with Crippen LogP contribution in [0.3, 0.4) is 0 Å². The number of esters is 12. The number of fused-ring (bicyclic) bond motifs is 4. The van der Waals surface area contributed by atoms with Crippen molar-refractivity contribution < 1.29 is 119 Å². The molecule has 0 N–H and O–H groups in total. The van der Waals surface area contributed by atoms with Crippen LogP contribution in [0.15, 0.2) is 0 Å². The highest BCUT2D eigenvalue weighted by Crippen LogP contribution is 2.63. The van der Waals surface area contributed by atoms with Crippen LogP contribution in [0.1, 0.15) is 181 Å². The van der Waals surface area contributed by atoms with Crippen LogP contribution in [0.25, 0.3) is 0 Å². The van der Waals surface area contributed by atoms with E-state index in [-0.39, 0.29) is 103 Å². The molecule has 0 spiro atoms. The first-order valence-corrected chi connectivity index (χ1v) is 33.7.